The Balaban J connectivity index is 2.42. The summed E-state index contributed by atoms with van der Waals surface area (Å²) in [6.07, 6.45) is 1.37. The first-order valence-corrected chi connectivity index (χ1v) is 4.58. The lowest BCUT2D eigenvalue weighted by Gasteiger charge is -2.13. The quantitative estimate of drug-likeness (QED) is 0.614. The Morgan fingerprint density at radius 2 is 2.00 bits per heavy atom. The molecule has 3 nitrogen and oxygen atoms in total. The molecule has 0 spiro atoms. The van der Waals surface area contributed by atoms with Gasteiger partial charge in [0.1, 0.15) is 5.69 Å². The molecule has 0 fully saturated rings. The smallest absolute Gasteiger partial charge is 0.221 e. The molecule has 1 aromatic heterocycles. The summed E-state index contributed by atoms with van der Waals surface area (Å²) in [7, 11) is 0. The lowest BCUT2D eigenvalue weighted by Crippen LogP contribution is -2.06. The van der Waals surface area contributed by atoms with Crippen LogP contribution >= 0.6 is 0 Å². The molecule has 15 heavy (non-hydrogen) atoms. The zero-order chi connectivity index (χ0) is 10.3. The average molecular weight is 202 g/mol. The van der Waals surface area contributed by atoms with Crippen molar-refractivity contribution in [2.75, 3.05) is 0 Å². The van der Waals surface area contributed by atoms with E-state index in [0.29, 0.717) is 23.4 Å². The highest BCUT2D eigenvalue weighted by molar-refractivity contribution is 5.90. The third-order valence-electron chi connectivity index (χ3n) is 2.38. The SMILES string of the molecule is Fc1nc2c(c3ccccc13)OC=NC2. The maximum absolute atomic E-state index is 13.6. The molecule has 0 unspecified atom stereocenters. The number of halogens is 1. The van der Waals surface area contributed by atoms with E-state index >= 15 is 0 Å². The van der Waals surface area contributed by atoms with Crippen molar-refractivity contribution >= 4 is 17.2 Å². The molecular formula is C11H7FN2O. The normalized spacial score (nSPS) is 13.7. The molecular weight excluding hydrogens is 195 g/mol. The fourth-order valence-electron chi connectivity index (χ4n) is 1.70. The predicted octanol–water partition coefficient (Wildman–Crippen LogP) is 2.29. The summed E-state index contributed by atoms with van der Waals surface area (Å²) in [5, 5.41) is 1.22. The van der Waals surface area contributed by atoms with Crippen molar-refractivity contribution in [3.05, 3.63) is 35.9 Å². The fourth-order valence-corrected chi connectivity index (χ4v) is 1.70. The summed E-state index contributed by atoms with van der Waals surface area (Å²) >= 11 is 0. The van der Waals surface area contributed by atoms with Gasteiger partial charge in [0.15, 0.2) is 12.2 Å². The maximum Gasteiger partial charge on any atom is 0.221 e. The van der Waals surface area contributed by atoms with Gasteiger partial charge in [-0.05, 0) is 6.07 Å². The predicted molar refractivity (Wildman–Crippen MR) is 54.5 cm³/mol. The lowest BCUT2D eigenvalue weighted by atomic mass is 10.1. The molecule has 0 atom stereocenters. The monoisotopic (exact) mass is 202 g/mol. The van der Waals surface area contributed by atoms with Crippen molar-refractivity contribution in [3.63, 3.8) is 0 Å². The van der Waals surface area contributed by atoms with Crippen LogP contribution in [-0.2, 0) is 6.54 Å². The zero-order valence-electron chi connectivity index (χ0n) is 7.77. The van der Waals surface area contributed by atoms with Gasteiger partial charge in [-0.25, -0.2) is 4.98 Å². The Bertz CT molecular complexity index is 566. The standard InChI is InChI=1S/C11H7FN2O/c12-11-8-4-2-1-3-7(8)10-9(14-11)5-13-6-15-10/h1-4,6H,5H2. The number of fused-ring (bicyclic) bond motifs is 3. The van der Waals surface area contributed by atoms with Crippen molar-refractivity contribution in [2.24, 2.45) is 4.99 Å². The molecule has 0 radical (unpaired) electrons. The second kappa shape index (κ2) is 3.02. The van der Waals surface area contributed by atoms with Crippen LogP contribution in [0.3, 0.4) is 0 Å². The van der Waals surface area contributed by atoms with E-state index in [9.17, 15) is 4.39 Å². The fraction of sp³-hybridized carbons (Fsp3) is 0.0909. The Hall–Kier alpha value is -1.97. The summed E-state index contributed by atoms with van der Waals surface area (Å²) in [5.74, 6) is 0.145. The van der Waals surface area contributed by atoms with Gasteiger partial charge in [0.05, 0.1) is 6.54 Å². The second-order valence-electron chi connectivity index (χ2n) is 3.29. The second-order valence-corrected chi connectivity index (χ2v) is 3.29. The van der Waals surface area contributed by atoms with Gasteiger partial charge in [0.2, 0.25) is 5.95 Å². The molecule has 0 bridgehead atoms. The van der Waals surface area contributed by atoms with Crippen molar-refractivity contribution in [3.8, 4) is 5.75 Å². The Labute approximate surface area is 85.2 Å². The molecule has 1 aliphatic heterocycles. The highest BCUT2D eigenvalue weighted by Gasteiger charge is 2.16. The van der Waals surface area contributed by atoms with E-state index in [0.717, 1.165) is 5.39 Å². The van der Waals surface area contributed by atoms with Crippen molar-refractivity contribution < 1.29 is 9.13 Å². The van der Waals surface area contributed by atoms with Crippen LogP contribution in [0.25, 0.3) is 10.8 Å². The topological polar surface area (TPSA) is 34.5 Å². The molecule has 1 aromatic carbocycles. The molecule has 0 saturated heterocycles. The van der Waals surface area contributed by atoms with Crippen LogP contribution in [0.2, 0.25) is 0 Å². The number of rotatable bonds is 0. The molecule has 0 amide bonds. The Morgan fingerprint density at radius 3 is 2.87 bits per heavy atom. The number of aromatic nitrogens is 1. The molecule has 0 aliphatic carbocycles. The summed E-state index contributed by atoms with van der Waals surface area (Å²) in [6.45, 7) is 0.372. The van der Waals surface area contributed by atoms with E-state index in [4.69, 9.17) is 4.74 Å². The molecule has 3 rings (SSSR count). The highest BCUT2D eigenvalue weighted by Crippen LogP contribution is 2.31. The number of hydrogen-bond donors (Lipinski definition) is 0. The van der Waals surface area contributed by atoms with E-state index in [1.165, 1.54) is 6.40 Å². The Morgan fingerprint density at radius 1 is 1.20 bits per heavy atom. The molecule has 4 heteroatoms. The van der Waals surface area contributed by atoms with Gasteiger partial charge >= 0.3 is 0 Å². The van der Waals surface area contributed by atoms with Crippen molar-refractivity contribution in [2.45, 2.75) is 6.54 Å². The summed E-state index contributed by atoms with van der Waals surface area (Å²) < 4.78 is 18.8. The third kappa shape index (κ3) is 1.18. The first kappa shape index (κ1) is 8.35. The van der Waals surface area contributed by atoms with Gasteiger partial charge in [-0.15, -0.1) is 0 Å². The molecule has 0 saturated carbocycles. The maximum atomic E-state index is 13.6. The van der Waals surface area contributed by atoms with Crippen molar-refractivity contribution in [1.29, 1.82) is 0 Å². The van der Waals surface area contributed by atoms with Gasteiger partial charge in [-0.1, -0.05) is 18.2 Å². The van der Waals surface area contributed by atoms with Crippen LogP contribution < -0.4 is 4.74 Å². The minimum atomic E-state index is -0.468. The van der Waals surface area contributed by atoms with Gasteiger partial charge in [0, 0.05) is 10.8 Å². The molecule has 0 N–H and O–H groups in total. The average Bonchev–Trinajstić information content (AvgIpc) is 2.30. The molecule has 74 valence electrons. The number of pyridine rings is 1. The number of hydrogen-bond acceptors (Lipinski definition) is 3. The van der Waals surface area contributed by atoms with Gasteiger partial charge in [0.25, 0.3) is 0 Å². The minimum absolute atomic E-state index is 0.372. The van der Waals surface area contributed by atoms with E-state index in [1.54, 1.807) is 12.1 Å². The Kier molecular flexibility index (Phi) is 1.68. The zero-order valence-corrected chi connectivity index (χ0v) is 7.77. The minimum Gasteiger partial charge on any atom is -0.443 e. The van der Waals surface area contributed by atoms with E-state index in [1.807, 2.05) is 12.1 Å². The van der Waals surface area contributed by atoms with Crippen LogP contribution in [0.4, 0.5) is 4.39 Å². The van der Waals surface area contributed by atoms with Crippen LogP contribution in [-0.4, -0.2) is 11.4 Å². The first-order chi connectivity index (χ1) is 7.36. The van der Waals surface area contributed by atoms with Gasteiger partial charge < -0.3 is 4.74 Å². The van der Waals surface area contributed by atoms with E-state index < -0.39 is 5.95 Å². The number of ether oxygens (including phenoxy) is 1. The van der Waals surface area contributed by atoms with Crippen LogP contribution in [0.15, 0.2) is 29.3 Å². The molecule has 2 aromatic rings. The number of aliphatic imine (C=N–C) groups is 1. The van der Waals surface area contributed by atoms with Crippen LogP contribution in [0.5, 0.6) is 5.75 Å². The largest absolute Gasteiger partial charge is 0.443 e. The van der Waals surface area contributed by atoms with Crippen molar-refractivity contribution in [1.82, 2.24) is 4.98 Å². The van der Waals surface area contributed by atoms with E-state index in [-0.39, 0.29) is 0 Å². The summed E-state index contributed by atoms with van der Waals surface area (Å²) in [6, 6.07) is 7.12. The first-order valence-electron chi connectivity index (χ1n) is 4.58. The molecule has 1 aliphatic rings. The van der Waals surface area contributed by atoms with Crippen LogP contribution in [0.1, 0.15) is 5.69 Å². The van der Waals surface area contributed by atoms with Crippen LogP contribution in [0, 0.1) is 5.95 Å². The third-order valence-corrected chi connectivity index (χ3v) is 2.38. The van der Waals surface area contributed by atoms with Gasteiger partial charge in [-0.2, -0.15) is 4.39 Å². The number of nitrogens with zero attached hydrogens (tertiary/aromatic N) is 2. The summed E-state index contributed by atoms with van der Waals surface area (Å²) in [4.78, 5) is 7.73. The van der Waals surface area contributed by atoms with E-state index in [2.05, 4.69) is 9.98 Å². The van der Waals surface area contributed by atoms with Gasteiger partial charge in [-0.3, -0.25) is 4.99 Å². The highest BCUT2D eigenvalue weighted by atomic mass is 19.1. The summed E-state index contributed by atoms with van der Waals surface area (Å²) in [5.41, 5.74) is 0.550. The molecule has 2 heterocycles. The lowest BCUT2D eigenvalue weighted by molar-refractivity contribution is 0.528. The number of benzene rings is 1.